The molecule has 160 valence electrons. The average Bonchev–Trinajstić information content (AvgIpc) is 3.00. The lowest BCUT2D eigenvalue weighted by atomic mass is 10.1. The third-order valence-corrected chi connectivity index (χ3v) is 5.95. The highest BCUT2D eigenvalue weighted by molar-refractivity contribution is 6.33. The highest BCUT2D eigenvalue weighted by Crippen LogP contribution is 2.23. The summed E-state index contributed by atoms with van der Waals surface area (Å²) in [5.41, 5.74) is 1.50. The predicted octanol–water partition coefficient (Wildman–Crippen LogP) is 1.50. The molecule has 10 heteroatoms. The first kappa shape index (κ1) is 20.6. The van der Waals surface area contributed by atoms with E-state index in [1.54, 1.807) is 11.0 Å². The predicted molar refractivity (Wildman–Crippen MR) is 106 cm³/mol. The maximum atomic E-state index is 12.5. The summed E-state index contributed by atoms with van der Waals surface area (Å²) in [5.74, 6) is -1.01. The van der Waals surface area contributed by atoms with Crippen LogP contribution in [0.3, 0.4) is 0 Å². The second kappa shape index (κ2) is 8.61. The minimum absolute atomic E-state index is 0.0355. The van der Waals surface area contributed by atoms with Crippen molar-refractivity contribution in [3.8, 4) is 0 Å². The SMILES string of the molecule is O=C(ON1C(=O)CCC1=O)N1CCN(Cc2ccc(Cl)c(C(=O)N3CCC3)c2)CC1. The van der Waals surface area contributed by atoms with Crippen molar-refractivity contribution in [3.05, 3.63) is 34.3 Å². The van der Waals surface area contributed by atoms with Gasteiger partial charge in [-0.25, -0.2) is 4.79 Å². The second-order valence-electron chi connectivity index (χ2n) is 7.66. The van der Waals surface area contributed by atoms with Crippen LogP contribution >= 0.6 is 11.6 Å². The molecule has 0 aliphatic carbocycles. The maximum Gasteiger partial charge on any atom is 0.434 e. The van der Waals surface area contributed by atoms with Gasteiger partial charge in [0.15, 0.2) is 0 Å². The van der Waals surface area contributed by atoms with E-state index in [-0.39, 0.29) is 18.7 Å². The Morgan fingerprint density at radius 1 is 0.933 bits per heavy atom. The molecule has 3 saturated heterocycles. The van der Waals surface area contributed by atoms with E-state index in [0.29, 0.717) is 48.4 Å². The van der Waals surface area contributed by atoms with Gasteiger partial charge in [-0.3, -0.25) is 19.3 Å². The molecule has 0 bridgehead atoms. The molecule has 0 atom stereocenters. The summed E-state index contributed by atoms with van der Waals surface area (Å²) in [4.78, 5) is 58.3. The molecule has 1 aromatic carbocycles. The quantitative estimate of drug-likeness (QED) is 0.667. The van der Waals surface area contributed by atoms with Crippen LogP contribution in [0.15, 0.2) is 18.2 Å². The molecule has 4 rings (SSSR count). The number of nitrogens with zero attached hydrogens (tertiary/aromatic N) is 4. The molecule has 0 unspecified atom stereocenters. The monoisotopic (exact) mass is 434 g/mol. The Bertz CT molecular complexity index is 864. The highest BCUT2D eigenvalue weighted by atomic mass is 35.5. The number of hydroxylamine groups is 2. The fourth-order valence-corrected chi connectivity index (χ4v) is 3.86. The van der Waals surface area contributed by atoms with Crippen LogP contribution in [0.5, 0.6) is 0 Å². The number of imide groups is 1. The van der Waals surface area contributed by atoms with Crippen LogP contribution in [-0.2, 0) is 21.0 Å². The van der Waals surface area contributed by atoms with Crippen LogP contribution in [0.4, 0.5) is 4.79 Å². The molecule has 3 heterocycles. The summed E-state index contributed by atoms with van der Waals surface area (Å²) in [6, 6.07) is 5.50. The van der Waals surface area contributed by atoms with Gasteiger partial charge in [0.1, 0.15) is 0 Å². The number of piperazine rings is 1. The summed E-state index contributed by atoms with van der Waals surface area (Å²) in [6.45, 7) is 4.22. The largest absolute Gasteiger partial charge is 0.434 e. The van der Waals surface area contributed by atoms with Gasteiger partial charge in [-0.05, 0) is 24.1 Å². The zero-order valence-electron chi connectivity index (χ0n) is 16.5. The number of benzene rings is 1. The first-order valence-electron chi connectivity index (χ1n) is 10.0. The fourth-order valence-electron chi connectivity index (χ4n) is 3.66. The van der Waals surface area contributed by atoms with Crippen LogP contribution in [-0.4, -0.2) is 82.8 Å². The van der Waals surface area contributed by atoms with E-state index in [2.05, 4.69) is 4.90 Å². The van der Waals surface area contributed by atoms with E-state index in [1.165, 1.54) is 4.90 Å². The number of halogens is 1. The number of rotatable bonds is 4. The van der Waals surface area contributed by atoms with Crippen molar-refractivity contribution in [3.63, 3.8) is 0 Å². The van der Waals surface area contributed by atoms with Crippen molar-refractivity contribution in [2.24, 2.45) is 0 Å². The van der Waals surface area contributed by atoms with Crippen LogP contribution in [0, 0.1) is 0 Å². The van der Waals surface area contributed by atoms with Crippen molar-refractivity contribution < 1.29 is 24.0 Å². The third-order valence-electron chi connectivity index (χ3n) is 5.62. The Kier molecular flexibility index (Phi) is 5.92. The molecule has 0 radical (unpaired) electrons. The molecule has 4 amide bonds. The van der Waals surface area contributed by atoms with Gasteiger partial charge in [-0.15, -0.1) is 5.06 Å². The fraction of sp³-hybridized carbons (Fsp3) is 0.500. The van der Waals surface area contributed by atoms with Crippen LogP contribution in [0.25, 0.3) is 0 Å². The summed E-state index contributed by atoms with van der Waals surface area (Å²) in [5, 5.41) is 1.02. The van der Waals surface area contributed by atoms with Crippen molar-refractivity contribution in [2.75, 3.05) is 39.3 Å². The van der Waals surface area contributed by atoms with Gasteiger partial charge < -0.3 is 14.6 Å². The van der Waals surface area contributed by atoms with Gasteiger partial charge in [-0.2, -0.15) is 0 Å². The summed E-state index contributed by atoms with van der Waals surface area (Å²) < 4.78 is 0. The first-order chi connectivity index (χ1) is 14.4. The van der Waals surface area contributed by atoms with Gasteiger partial charge in [-0.1, -0.05) is 17.7 Å². The molecule has 0 spiro atoms. The average molecular weight is 435 g/mol. The number of carbonyl (C=O) groups excluding carboxylic acids is 4. The molecule has 30 heavy (non-hydrogen) atoms. The van der Waals surface area contributed by atoms with Crippen LogP contribution < -0.4 is 0 Å². The standard InChI is InChI=1S/C20H23ClN4O5/c21-16-3-2-14(12-15(16)19(28)23-6-1-7-23)13-22-8-10-24(11-9-22)20(29)30-25-17(26)4-5-18(25)27/h2-3,12H,1,4-11,13H2. The van der Waals surface area contributed by atoms with Gasteiger partial charge in [0.25, 0.3) is 17.7 Å². The molecule has 3 aliphatic rings. The number of likely N-dealkylation sites (tertiary alicyclic amines) is 1. The lowest BCUT2D eigenvalue weighted by molar-refractivity contribution is -0.174. The van der Waals surface area contributed by atoms with Gasteiger partial charge >= 0.3 is 6.09 Å². The molecule has 3 fully saturated rings. The van der Waals surface area contributed by atoms with E-state index in [1.807, 2.05) is 12.1 Å². The Balaban J connectivity index is 1.30. The molecule has 9 nitrogen and oxygen atoms in total. The summed E-state index contributed by atoms with van der Waals surface area (Å²) in [7, 11) is 0. The zero-order valence-corrected chi connectivity index (χ0v) is 17.3. The molecular weight excluding hydrogens is 412 g/mol. The Morgan fingerprint density at radius 2 is 1.60 bits per heavy atom. The summed E-state index contributed by atoms with van der Waals surface area (Å²) >= 11 is 6.23. The van der Waals surface area contributed by atoms with Crippen molar-refractivity contribution in [1.29, 1.82) is 0 Å². The molecule has 3 aliphatic heterocycles. The topological polar surface area (TPSA) is 90.5 Å². The van der Waals surface area contributed by atoms with Crippen molar-refractivity contribution in [2.45, 2.75) is 25.8 Å². The lowest BCUT2D eigenvalue weighted by Gasteiger charge is -2.34. The van der Waals surface area contributed by atoms with Gasteiger partial charge in [0, 0.05) is 58.7 Å². The van der Waals surface area contributed by atoms with Gasteiger partial charge in [0.05, 0.1) is 10.6 Å². The van der Waals surface area contributed by atoms with Gasteiger partial charge in [0.2, 0.25) is 0 Å². The number of hydrogen-bond acceptors (Lipinski definition) is 6. The molecule has 0 aromatic heterocycles. The lowest BCUT2D eigenvalue weighted by Crippen LogP contribution is -2.50. The minimum Gasteiger partial charge on any atom is -0.338 e. The van der Waals surface area contributed by atoms with Crippen LogP contribution in [0.2, 0.25) is 5.02 Å². The van der Waals surface area contributed by atoms with E-state index in [4.69, 9.17) is 16.4 Å². The minimum atomic E-state index is -0.688. The Labute approximate surface area is 179 Å². The highest BCUT2D eigenvalue weighted by Gasteiger charge is 2.35. The van der Waals surface area contributed by atoms with E-state index < -0.39 is 17.9 Å². The third kappa shape index (κ3) is 4.27. The number of hydrogen-bond donors (Lipinski definition) is 0. The van der Waals surface area contributed by atoms with Crippen molar-refractivity contribution >= 4 is 35.4 Å². The number of amides is 4. The van der Waals surface area contributed by atoms with Crippen molar-refractivity contribution in [1.82, 2.24) is 19.8 Å². The first-order valence-corrected chi connectivity index (χ1v) is 10.4. The maximum absolute atomic E-state index is 12.5. The zero-order chi connectivity index (χ0) is 21.3. The molecule has 1 aromatic rings. The smallest absolute Gasteiger partial charge is 0.338 e. The van der Waals surface area contributed by atoms with E-state index in [0.717, 1.165) is 25.1 Å². The Hall–Kier alpha value is -2.65. The summed E-state index contributed by atoms with van der Waals surface area (Å²) in [6.07, 6.45) is 0.481. The molecule has 0 N–H and O–H groups in total. The molecule has 0 saturated carbocycles. The van der Waals surface area contributed by atoms with Crippen LogP contribution in [0.1, 0.15) is 35.2 Å². The van der Waals surface area contributed by atoms with E-state index in [9.17, 15) is 19.2 Å². The normalized spacial score (nSPS) is 19.8. The second-order valence-corrected chi connectivity index (χ2v) is 8.07. The Morgan fingerprint density at radius 3 is 2.20 bits per heavy atom. The molecular formula is C20H23ClN4O5. The van der Waals surface area contributed by atoms with E-state index >= 15 is 0 Å². The number of carbonyl (C=O) groups is 4.